The van der Waals surface area contributed by atoms with Crippen LogP contribution in [-0.2, 0) is 55.9 Å². The molecule has 0 radical (unpaired) electrons. The van der Waals surface area contributed by atoms with Gasteiger partial charge in [-0.1, -0.05) is 33.6 Å². The Labute approximate surface area is 356 Å². The van der Waals surface area contributed by atoms with Crippen LogP contribution in [0.15, 0.2) is 0 Å². The van der Waals surface area contributed by atoms with Crippen LogP contribution in [0.4, 0.5) is 5.13 Å². The summed E-state index contributed by atoms with van der Waals surface area (Å²) < 4.78 is 11.3. The Morgan fingerprint density at radius 3 is 2.39 bits per heavy atom. The number of nitrogens with one attached hydrogen (secondary N) is 5. The standard InChI is InChI=1S/C40H66N8O9S2/c1-6-16-42-27-11-12-28-29(22-27)59-38(46-28)47-34(52)26-56-25-33(51)43-17-9-7-8-10-21-58-30-23-35(53)48(36(30)54)19-13-32(50)44-18-14-40(4,5)57-20-15-39(2,3)37(55)45-24-31(41)49/h27,30,42H,6-26H2,1-5H3,(H2,41,49)(H,43,51)(H,44,50)(H,45,55)(H,46,47,52). The van der Waals surface area contributed by atoms with Crippen molar-refractivity contribution in [1.29, 1.82) is 0 Å². The number of rotatable bonds is 29. The second-order valence-electron chi connectivity index (χ2n) is 16.3. The van der Waals surface area contributed by atoms with Crippen LogP contribution in [0.5, 0.6) is 0 Å². The zero-order valence-corrected chi connectivity index (χ0v) is 37.1. The normalized spacial score (nSPS) is 16.8. The van der Waals surface area contributed by atoms with Crippen LogP contribution in [0.25, 0.3) is 0 Å². The molecule has 1 fully saturated rings. The minimum absolute atomic E-state index is 0.00941. The lowest BCUT2D eigenvalue weighted by Gasteiger charge is -2.29. The number of anilines is 1. The number of unbranched alkanes of at least 4 members (excludes halogenated alkanes) is 3. The van der Waals surface area contributed by atoms with Gasteiger partial charge in [0.25, 0.3) is 5.91 Å². The third kappa shape index (κ3) is 18.7. The van der Waals surface area contributed by atoms with Crippen molar-refractivity contribution in [2.45, 2.75) is 129 Å². The maximum absolute atomic E-state index is 12.9. The Kier molecular flexibility index (Phi) is 21.2. The predicted molar refractivity (Wildman–Crippen MR) is 228 cm³/mol. The summed E-state index contributed by atoms with van der Waals surface area (Å²) in [4.78, 5) is 92.7. The molecule has 19 heteroatoms. The quantitative estimate of drug-likeness (QED) is 0.0502. The van der Waals surface area contributed by atoms with E-state index >= 15 is 0 Å². The molecular weight excluding hydrogens is 801 g/mol. The average molecular weight is 867 g/mol. The SMILES string of the molecule is CCCNC1CCc2nc(NC(=O)COCC(=O)NCCCCCCSC3CC(=O)N(CCC(=O)NCCC(C)(C)OCCC(C)(C)C(=O)NCC(N)=O)C3=O)sc2C1. The first-order chi connectivity index (χ1) is 28.0. The fraction of sp³-hybridized carbons (Fsp3) is 0.750. The lowest BCUT2D eigenvalue weighted by atomic mass is 9.88. The summed E-state index contributed by atoms with van der Waals surface area (Å²) >= 11 is 2.96. The van der Waals surface area contributed by atoms with E-state index in [1.807, 2.05) is 13.8 Å². The van der Waals surface area contributed by atoms with E-state index in [0.29, 0.717) is 43.7 Å². The second kappa shape index (κ2) is 25.2. The summed E-state index contributed by atoms with van der Waals surface area (Å²) in [6.07, 6.45) is 8.43. The maximum atomic E-state index is 12.9. The number of primary amides is 1. The summed E-state index contributed by atoms with van der Waals surface area (Å²) in [7, 11) is 0. The second-order valence-corrected chi connectivity index (χ2v) is 18.7. The summed E-state index contributed by atoms with van der Waals surface area (Å²) in [5.41, 5.74) is 4.81. The van der Waals surface area contributed by atoms with Gasteiger partial charge in [-0.05, 0) is 77.5 Å². The van der Waals surface area contributed by atoms with Crippen molar-refractivity contribution in [3.05, 3.63) is 10.6 Å². The number of amides is 7. The Morgan fingerprint density at radius 2 is 1.64 bits per heavy atom. The van der Waals surface area contributed by atoms with E-state index in [1.165, 1.54) is 32.9 Å². The molecule has 1 aliphatic carbocycles. The molecule has 59 heavy (non-hydrogen) atoms. The van der Waals surface area contributed by atoms with Crippen LogP contribution in [0, 0.1) is 5.41 Å². The molecule has 0 spiro atoms. The number of nitrogens with zero attached hydrogens (tertiary/aromatic N) is 2. The van der Waals surface area contributed by atoms with Crippen LogP contribution < -0.4 is 32.3 Å². The van der Waals surface area contributed by atoms with Gasteiger partial charge in [0.15, 0.2) is 5.13 Å². The molecule has 332 valence electrons. The molecular formula is C40H66N8O9S2. The number of imide groups is 1. The topological polar surface area (TPSA) is 240 Å². The molecule has 2 unspecified atom stereocenters. The molecule has 2 atom stereocenters. The summed E-state index contributed by atoms with van der Waals surface area (Å²) in [5, 5.41) is 14.6. The van der Waals surface area contributed by atoms with Gasteiger partial charge in [-0.25, -0.2) is 4.98 Å². The first kappa shape index (κ1) is 49.7. The van der Waals surface area contributed by atoms with Gasteiger partial charge in [0.1, 0.15) is 13.2 Å². The fourth-order valence-corrected chi connectivity index (χ4v) is 8.72. The van der Waals surface area contributed by atoms with Crippen LogP contribution in [0.2, 0.25) is 0 Å². The Bertz CT molecular complexity index is 1590. The minimum Gasteiger partial charge on any atom is -0.375 e. The van der Waals surface area contributed by atoms with Gasteiger partial charge in [-0.15, -0.1) is 23.1 Å². The average Bonchev–Trinajstić information content (AvgIpc) is 3.69. The van der Waals surface area contributed by atoms with E-state index in [1.54, 1.807) is 13.8 Å². The molecule has 2 heterocycles. The number of hydrogen-bond donors (Lipinski definition) is 6. The number of aromatic nitrogens is 1. The number of thioether (sulfide) groups is 1. The summed E-state index contributed by atoms with van der Waals surface area (Å²) in [5.74, 6) is -1.61. The number of aryl methyl sites for hydroxylation is 1. The van der Waals surface area contributed by atoms with Gasteiger partial charge in [-0.3, -0.25) is 43.8 Å². The van der Waals surface area contributed by atoms with Crippen LogP contribution >= 0.6 is 23.1 Å². The van der Waals surface area contributed by atoms with Gasteiger partial charge in [0.05, 0.1) is 23.1 Å². The molecule has 7 N–H and O–H groups in total. The minimum atomic E-state index is -0.758. The Balaban J connectivity index is 1.17. The van der Waals surface area contributed by atoms with E-state index in [2.05, 4.69) is 38.5 Å². The zero-order valence-electron chi connectivity index (χ0n) is 35.5. The van der Waals surface area contributed by atoms with Crippen molar-refractivity contribution >= 4 is 69.6 Å². The molecule has 1 aliphatic heterocycles. The number of carbonyl (C=O) groups excluding carboxylic acids is 7. The molecule has 17 nitrogen and oxygen atoms in total. The first-order valence-corrected chi connectivity index (χ1v) is 22.7. The Morgan fingerprint density at radius 1 is 0.915 bits per heavy atom. The molecule has 3 rings (SSSR count). The van der Waals surface area contributed by atoms with E-state index < -0.39 is 22.2 Å². The van der Waals surface area contributed by atoms with Gasteiger partial charge >= 0.3 is 0 Å². The number of fused-ring (bicyclic) bond motifs is 1. The smallest absolute Gasteiger partial charge is 0.252 e. The molecule has 1 aromatic heterocycles. The van der Waals surface area contributed by atoms with Crippen LogP contribution in [0.1, 0.15) is 109 Å². The van der Waals surface area contributed by atoms with Crippen molar-refractivity contribution in [3.8, 4) is 0 Å². The van der Waals surface area contributed by atoms with Gasteiger partial charge in [0, 0.05) is 55.4 Å². The molecule has 2 aliphatic rings. The van der Waals surface area contributed by atoms with Crippen molar-refractivity contribution in [2.75, 3.05) is 63.6 Å². The number of carbonyl (C=O) groups is 7. The number of ether oxygens (including phenoxy) is 2. The van der Waals surface area contributed by atoms with Gasteiger partial charge in [-0.2, -0.15) is 0 Å². The zero-order chi connectivity index (χ0) is 43.4. The molecule has 0 bridgehead atoms. The third-order valence-electron chi connectivity index (χ3n) is 10.1. The van der Waals surface area contributed by atoms with Crippen molar-refractivity contribution < 1.29 is 43.0 Å². The Hall–Kier alpha value is -3.65. The number of thiazole rings is 1. The van der Waals surface area contributed by atoms with Crippen LogP contribution in [0.3, 0.4) is 0 Å². The fourth-order valence-electron chi connectivity index (χ4n) is 6.43. The molecule has 0 aromatic carbocycles. The lowest BCUT2D eigenvalue weighted by Crippen LogP contribution is -2.42. The first-order valence-electron chi connectivity index (χ1n) is 20.8. The molecule has 7 amide bonds. The van der Waals surface area contributed by atoms with E-state index in [0.717, 1.165) is 69.4 Å². The van der Waals surface area contributed by atoms with Crippen molar-refractivity contribution in [3.63, 3.8) is 0 Å². The highest BCUT2D eigenvalue weighted by molar-refractivity contribution is 8.00. The molecule has 0 saturated carbocycles. The third-order valence-corrected chi connectivity index (χ3v) is 12.5. The number of likely N-dealkylation sites (tertiary alicyclic amines) is 1. The van der Waals surface area contributed by atoms with Gasteiger partial charge in [0.2, 0.25) is 35.4 Å². The molecule has 1 aromatic rings. The van der Waals surface area contributed by atoms with E-state index in [9.17, 15) is 33.6 Å². The number of hydrogen-bond acceptors (Lipinski definition) is 13. The van der Waals surface area contributed by atoms with Gasteiger partial charge < -0.3 is 36.5 Å². The largest absolute Gasteiger partial charge is 0.375 e. The van der Waals surface area contributed by atoms with Crippen molar-refractivity contribution in [1.82, 2.24) is 31.2 Å². The highest BCUT2D eigenvalue weighted by Crippen LogP contribution is 2.30. The van der Waals surface area contributed by atoms with Crippen molar-refractivity contribution in [2.24, 2.45) is 11.1 Å². The summed E-state index contributed by atoms with van der Waals surface area (Å²) in [6.45, 7) is 10.9. The highest BCUT2D eigenvalue weighted by atomic mass is 32.2. The maximum Gasteiger partial charge on any atom is 0.252 e. The molecule has 1 saturated heterocycles. The van der Waals surface area contributed by atoms with E-state index in [4.69, 9.17) is 15.2 Å². The predicted octanol–water partition coefficient (Wildman–Crippen LogP) is 2.20. The monoisotopic (exact) mass is 866 g/mol. The lowest BCUT2D eigenvalue weighted by molar-refractivity contribution is -0.139. The van der Waals surface area contributed by atoms with E-state index in [-0.39, 0.29) is 74.6 Å². The number of nitrogens with two attached hydrogens (primary N) is 1. The van der Waals surface area contributed by atoms with Crippen LogP contribution in [-0.4, -0.2) is 126 Å². The highest BCUT2D eigenvalue weighted by Gasteiger charge is 2.38. The summed E-state index contributed by atoms with van der Waals surface area (Å²) in [6, 6.07) is 0.446.